The van der Waals surface area contributed by atoms with Crippen LogP contribution in [-0.4, -0.2) is 43.6 Å². The molecule has 0 aliphatic carbocycles. The quantitative estimate of drug-likeness (QED) is 0.506. The molecule has 0 aromatic heterocycles. The van der Waals surface area contributed by atoms with Crippen molar-refractivity contribution in [3.05, 3.63) is 59.1 Å². The van der Waals surface area contributed by atoms with E-state index >= 15 is 0 Å². The molecule has 158 valence electrons. The van der Waals surface area contributed by atoms with E-state index < -0.39 is 6.03 Å². The summed E-state index contributed by atoms with van der Waals surface area (Å²) in [5, 5.41) is 11.4. The van der Waals surface area contributed by atoms with Crippen molar-refractivity contribution in [2.24, 2.45) is 0 Å². The molecule has 1 heterocycles. The minimum atomic E-state index is -0.420. The van der Waals surface area contributed by atoms with Gasteiger partial charge in [-0.1, -0.05) is 17.7 Å². The van der Waals surface area contributed by atoms with Crippen molar-refractivity contribution in [1.82, 2.24) is 10.6 Å². The number of carbonyl (C=O) groups is 3. The van der Waals surface area contributed by atoms with Crippen LogP contribution in [0, 0.1) is 0 Å². The van der Waals surface area contributed by atoms with Crippen LogP contribution in [-0.2, 0) is 9.53 Å². The minimum Gasteiger partial charge on any atom is -0.368 e. The molecule has 1 unspecified atom stereocenters. The Morgan fingerprint density at radius 1 is 0.967 bits per heavy atom. The number of amides is 4. The molecule has 1 aliphatic rings. The number of benzene rings is 2. The van der Waals surface area contributed by atoms with Gasteiger partial charge in [-0.05, 0) is 55.3 Å². The van der Waals surface area contributed by atoms with Gasteiger partial charge in [0.2, 0.25) is 5.91 Å². The van der Waals surface area contributed by atoms with Gasteiger partial charge in [0.25, 0.3) is 5.91 Å². The third-order valence-electron chi connectivity index (χ3n) is 4.42. The lowest BCUT2D eigenvalue weighted by Crippen LogP contribution is -2.39. The van der Waals surface area contributed by atoms with E-state index in [1.54, 1.807) is 48.5 Å². The second-order valence-electron chi connectivity index (χ2n) is 6.72. The maximum atomic E-state index is 12.2. The molecule has 8 nitrogen and oxygen atoms in total. The number of ether oxygens (including phenoxy) is 1. The first-order chi connectivity index (χ1) is 14.5. The summed E-state index contributed by atoms with van der Waals surface area (Å²) in [4.78, 5) is 36.1. The lowest BCUT2D eigenvalue weighted by Gasteiger charge is -2.11. The van der Waals surface area contributed by atoms with Crippen molar-refractivity contribution in [3.63, 3.8) is 0 Å². The van der Waals surface area contributed by atoms with Crippen molar-refractivity contribution in [3.8, 4) is 0 Å². The van der Waals surface area contributed by atoms with Crippen molar-refractivity contribution in [1.29, 1.82) is 0 Å². The van der Waals surface area contributed by atoms with Crippen LogP contribution in [0.25, 0.3) is 0 Å². The molecule has 1 aliphatic heterocycles. The Bertz CT molecular complexity index is 898. The zero-order chi connectivity index (χ0) is 21.3. The van der Waals surface area contributed by atoms with Gasteiger partial charge < -0.3 is 26.0 Å². The monoisotopic (exact) mass is 430 g/mol. The predicted molar refractivity (Wildman–Crippen MR) is 115 cm³/mol. The van der Waals surface area contributed by atoms with Crippen LogP contribution in [0.2, 0.25) is 5.02 Å². The number of nitrogens with one attached hydrogen (secondary N) is 4. The van der Waals surface area contributed by atoms with Crippen LogP contribution in [0.1, 0.15) is 23.2 Å². The van der Waals surface area contributed by atoms with Crippen molar-refractivity contribution >= 4 is 40.8 Å². The second-order valence-corrected chi connectivity index (χ2v) is 7.15. The summed E-state index contributed by atoms with van der Waals surface area (Å²) in [6.07, 6.45) is 1.24. The van der Waals surface area contributed by atoms with Crippen LogP contribution < -0.4 is 21.3 Å². The van der Waals surface area contributed by atoms with E-state index in [0.29, 0.717) is 41.7 Å². The molecule has 4 amide bonds. The summed E-state index contributed by atoms with van der Waals surface area (Å²) in [5.74, 6) is -0.412. The minimum absolute atomic E-state index is 0.145. The number of anilines is 2. The van der Waals surface area contributed by atoms with E-state index in [1.165, 1.54) is 0 Å². The van der Waals surface area contributed by atoms with Crippen molar-refractivity contribution in [2.45, 2.75) is 18.9 Å². The molecule has 0 saturated carbocycles. The van der Waals surface area contributed by atoms with Crippen LogP contribution in [0.4, 0.5) is 16.2 Å². The number of halogens is 1. The number of urea groups is 1. The van der Waals surface area contributed by atoms with Crippen LogP contribution in [0.5, 0.6) is 0 Å². The Morgan fingerprint density at radius 2 is 1.70 bits per heavy atom. The predicted octanol–water partition coefficient (Wildman–Crippen LogP) is 3.01. The van der Waals surface area contributed by atoms with Crippen LogP contribution >= 0.6 is 11.6 Å². The average Bonchev–Trinajstić information content (AvgIpc) is 3.26. The fraction of sp³-hybridized carbons (Fsp3) is 0.286. The zero-order valence-corrected chi connectivity index (χ0v) is 17.0. The van der Waals surface area contributed by atoms with Crippen LogP contribution in [0.3, 0.4) is 0 Å². The summed E-state index contributed by atoms with van der Waals surface area (Å²) >= 11 is 5.89. The highest BCUT2D eigenvalue weighted by molar-refractivity contribution is 6.30. The Labute approximate surface area is 179 Å². The molecule has 0 bridgehead atoms. The molecule has 1 saturated heterocycles. The highest BCUT2D eigenvalue weighted by atomic mass is 35.5. The standard InChI is InChI=1S/C21H23ClN4O4/c22-15-3-1-4-17(13-15)26-21(29)25-16-8-6-14(7-9-16)19(27)23-10-11-24-20(28)18-5-2-12-30-18/h1,3-4,6-9,13,18H,2,5,10-12H2,(H,23,27)(H,24,28)(H2,25,26,29). The summed E-state index contributed by atoms with van der Waals surface area (Å²) in [6.45, 7) is 1.25. The number of hydrogen-bond donors (Lipinski definition) is 4. The van der Waals surface area contributed by atoms with E-state index in [-0.39, 0.29) is 17.9 Å². The number of hydrogen-bond acceptors (Lipinski definition) is 4. The number of rotatable bonds is 7. The lowest BCUT2D eigenvalue weighted by atomic mass is 10.2. The molecular formula is C21H23ClN4O4. The van der Waals surface area contributed by atoms with E-state index in [4.69, 9.17) is 16.3 Å². The maximum absolute atomic E-state index is 12.2. The molecule has 2 aromatic rings. The van der Waals surface area contributed by atoms with Gasteiger partial charge in [0.05, 0.1) is 0 Å². The van der Waals surface area contributed by atoms with Gasteiger partial charge in [0.1, 0.15) is 6.10 Å². The first kappa shape index (κ1) is 21.6. The molecule has 2 aromatic carbocycles. The van der Waals surface area contributed by atoms with E-state index in [0.717, 1.165) is 12.8 Å². The van der Waals surface area contributed by atoms with Gasteiger partial charge in [0, 0.05) is 41.7 Å². The normalized spacial score (nSPS) is 15.3. The Kier molecular flexibility index (Phi) is 7.64. The van der Waals surface area contributed by atoms with E-state index in [1.807, 2.05) is 0 Å². The summed E-state index contributed by atoms with van der Waals surface area (Å²) in [6, 6.07) is 12.9. The first-order valence-corrected chi connectivity index (χ1v) is 10.0. The topological polar surface area (TPSA) is 109 Å². The Balaban J connectivity index is 1.40. The van der Waals surface area contributed by atoms with Crippen molar-refractivity contribution < 1.29 is 19.1 Å². The molecule has 9 heteroatoms. The van der Waals surface area contributed by atoms with Gasteiger partial charge in [-0.25, -0.2) is 4.79 Å². The van der Waals surface area contributed by atoms with Crippen molar-refractivity contribution in [2.75, 3.05) is 30.3 Å². The fourth-order valence-electron chi connectivity index (χ4n) is 2.93. The van der Waals surface area contributed by atoms with E-state index in [2.05, 4.69) is 21.3 Å². The molecule has 1 atom stereocenters. The van der Waals surface area contributed by atoms with Gasteiger partial charge >= 0.3 is 6.03 Å². The molecule has 0 spiro atoms. The Hall–Kier alpha value is -3.10. The highest BCUT2D eigenvalue weighted by Crippen LogP contribution is 2.16. The third kappa shape index (κ3) is 6.47. The second kappa shape index (κ2) is 10.6. The molecule has 30 heavy (non-hydrogen) atoms. The molecule has 4 N–H and O–H groups in total. The van der Waals surface area contributed by atoms with Gasteiger partial charge in [0.15, 0.2) is 0 Å². The molecule has 0 radical (unpaired) electrons. The van der Waals surface area contributed by atoms with Crippen LogP contribution in [0.15, 0.2) is 48.5 Å². The number of carbonyl (C=O) groups excluding carboxylic acids is 3. The van der Waals surface area contributed by atoms with Gasteiger partial charge in [-0.3, -0.25) is 9.59 Å². The first-order valence-electron chi connectivity index (χ1n) is 9.62. The largest absolute Gasteiger partial charge is 0.368 e. The molecule has 1 fully saturated rings. The summed E-state index contributed by atoms with van der Waals surface area (Å²) < 4.78 is 5.30. The van der Waals surface area contributed by atoms with Gasteiger partial charge in [-0.15, -0.1) is 0 Å². The fourth-order valence-corrected chi connectivity index (χ4v) is 3.12. The molecule has 3 rings (SSSR count). The van der Waals surface area contributed by atoms with E-state index in [9.17, 15) is 14.4 Å². The third-order valence-corrected chi connectivity index (χ3v) is 4.65. The highest BCUT2D eigenvalue weighted by Gasteiger charge is 2.22. The summed E-state index contributed by atoms with van der Waals surface area (Å²) in [7, 11) is 0. The maximum Gasteiger partial charge on any atom is 0.323 e. The average molecular weight is 431 g/mol. The molecular weight excluding hydrogens is 408 g/mol. The Morgan fingerprint density at radius 3 is 2.40 bits per heavy atom. The SMILES string of the molecule is O=C(Nc1ccc(C(=O)NCCNC(=O)C2CCCO2)cc1)Nc1cccc(Cl)c1. The smallest absolute Gasteiger partial charge is 0.323 e. The van der Waals surface area contributed by atoms with Gasteiger partial charge in [-0.2, -0.15) is 0 Å². The lowest BCUT2D eigenvalue weighted by molar-refractivity contribution is -0.129. The zero-order valence-electron chi connectivity index (χ0n) is 16.2. The summed E-state index contributed by atoms with van der Waals surface area (Å²) in [5.41, 5.74) is 1.55.